The molecule has 5 rings (SSSR count). The normalized spacial score (nSPS) is 23.4. The van der Waals surface area contributed by atoms with Gasteiger partial charge in [-0.2, -0.15) is 0 Å². The van der Waals surface area contributed by atoms with Gasteiger partial charge in [0.1, 0.15) is 5.54 Å². The molecule has 4 amide bonds. The number of anilines is 1. The summed E-state index contributed by atoms with van der Waals surface area (Å²) in [5.41, 5.74) is 7.15. The Labute approximate surface area is 248 Å². The molecule has 3 aromatic carbocycles. The van der Waals surface area contributed by atoms with E-state index in [2.05, 4.69) is 10.6 Å². The maximum atomic E-state index is 14.0. The van der Waals surface area contributed by atoms with Crippen LogP contribution in [0.2, 0.25) is 5.02 Å². The lowest BCUT2D eigenvalue weighted by Gasteiger charge is -2.31. The molecule has 3 aromatic rings. The van der Waals surface area contributed by atoms with Crippen molar-refractivity contribution in [2.24, 2.45) is 17.6 Å². The lowest BCUT2D eigenvalue weighted by atomic mass is 9.77. The molecule has 0 aliphatic carbocycles. The summed E-state index contributed by atoms with van der Waals surface area (Å²) in [5, 5.41) is 16.6. The van der Waals surface area contributed by atoms with Crippen molar-refractivity contribution in [1.82, 2.24) is 10.6 Å². The molecule has 0 spiro atoms. The fraction of sp³-hybridized carbons (Fsp3) is 0.250. The second kappa shape index (κ2) is 11.8. The van der Waals surface area contributed by atoms with E-state index >= 15 is 0 Å². The van der Waals surface area contributed by atoms with Crippen molar-refractivity contribution in [2.45, 2.75) is 31.3 Å². The molecule has 2 fully saturated rings. The average molecular weight is 587 g/mol. The summed E-state index contributed by atoms with van der Waals surface area (Å²) in [7, 11) is 0. The Hall–Kier alpha value is -4.47. The minimum absolute atomic E-state index is 0.0142. The van der Waals surface area contributed by atoms with Crippen LogP contribution in [0.15, 0.2) is 72.8 Å². The fourth-order valence-electron chi connectivity index (χ4n) is 5.95. The molecule has 0 saturated carbocycles. The van der Waals surface area contributed by atoms with Gasteiger partial charge in [-0.25, -0.2) is 9.69 Å². The van der Waals surface area contributed by atoms with Crippen molar-refractivity contribution in [1.29, 1.82) is 0 Å². The highest BCUT2D eigenvalue weighted by Crippen LogP contribution is 2.51. The quantitative estimate of drug-likeness (QED) is 0.165. The number of nitrogens with two attached hydrogens (primary N) is 1. The van der Waals surface area contributed by atoms with Crippen LogP contribution >= 0.6 is 11.6 Å². The van der Waals surface area contributed by atoms with Gasteiger partial charge in [-0.05, 0) is 54.2 Å². The first-order chi connectivity index (χ1) is 20.1. The number of nitrogens with zero attached hydrogens (tertiary/aromatic N) is 1. The zero-order valence-corrected chi connectivity index (χ0v) is 23.7. The third-order valence-corrected chi connectivity index (χ3v) is 8.47. The Kier molecular flexibility index (Phi) is 8.15. The maximum Gasteiger partial charge on any atom is 0.324 e. The maximum absolute atomic E-state index is 14.0. The molecule has 4 atom stereocenters. The lowest BCUT2D eigenvalue weighted by Crippen LogP contribution is -2.56. The number of hydrogen-bond donors (Lipinski definition) is 4. The topological polar surface area (TPSA) is 142 Å². The molecular weight excluding hydrogens is 556 g/mol. The molecule has 42 heavy (non-hydrogen) atoms. The van der Waals surface area contributed by atoms with E-state index in [4.69, 9.17) is 17.3 Å². The zero-order chi connectivity index (χ0) is 30.0. The minimum atomic E-state index is -1.75. The number of hydrogen-bond acceptors (Lipinski definition) is 5. The smallest absolute Gasteiger partial charge is 0.324 e. The summed E-state index contributed by atoms with van der Waals surface area (Å²) in [4.78, 5) is 53.1. The lowest BCUT2D eigenvalue weighted by molar-refractivity contribution is -0.149. The molecule has 5 N–H and O–H groups in total. The van der Waals surface area contributed by atoms with Gasteiger partial charge in [0.25, 0.3) is 0 Å². The van der Waals surface area contributed by atoms with Crippen LogP contribution in [0.3, 0.4) is 0 Å². The number of carbonyl (C=O) groups is 4. The Morgan fingerprint density at radius 1 is 1.02 bits per heavy atom. The predicted molar refractivity (Wildman–Crippen MR) is 161 cm³/mol. The molecule has 2 aliphatic rings. The summed E-state index contributed by atoms with van der Waals surface area (Å²) >= 11 is 6.32. The largest absolute Gasteiger partial charge is 0.480 e. The molecular formula is C32H31ClN4O5. The van der Waals surface area contributed by atoms with Crippen LogP contribution in [0.25, 0.3) is 12.2 Å². The third kappa shape index (κ3) is 5.41. The first-order valence-electron chi connectivity index (χ1n) is 13.6. The number of carbonyl (C=O) groups excluding carboxylic acids is 3. The Morgan fingerprint density at radius 2 is 1.69 bits per heavy atom. The number of nitrogens with one attached hydrogen (secondary N) is 2. The first-order valence-corrected chi connectivity index (χ1v) is 14.0. The molecule has 0 bridgehead atoms. The van der Waals surface area contributed by atoms with E-state index in [1.54, 1.807) is 18.2 Å². The number of imide groups is 1. The summed E-state index contributed by atoms with van der Waals surface area (Å²) in [6.07, 6.45) is 4.15. The molecule has 2 aliphatic heterocycles. The van der Waals surface area contributed by atoms with Crippen molar-refractivity contribution in [3.05, 3.63) is 100 Å². The summed E-state index contributed by atoms with van der Waals surface area (Å²) < 4.78 is 0. The van der Waals surface area contributed by atoms with E-state index in [9.17, 15) is 24.3 Å². The molecule has 2 saturated heterocycles. The molecule has 4 unspecified atom stereocenters. The van der Waals surface area contributed by atoms with Crippen molar-refractivity contribution in [2.75, 3.05) is 11.4 Å². The van der Waals surface area contributed by atoms with Gasteiger partial charge < -0.3 is 16.2 Å². The number of fused-ring (bicyclic) bond motifs is 1. The number of urea groups is 1. The number of aryl methyl sites for hydroxylation is 1. The highest BCUT2D eigenvalue weighted by atomic mass is 35.5. The summed E-state index contributed by atoms with van der Waals surface area (Å²) in [6.45, 7) is 1.93. The third-order valence-electron chi connectivity index (χ3n) is 8.06. The van der Waals surface area contributed by atoms with Crippen LogP contribution in [0, 0.1) is 18.8 Å². The number of benzene rings is 3. The van der Waals surface area contributed by atoms with Crippen LogP contribution in [0.5, 0.6) is 0 Å². The minimum Gasteiger partial charge on any atom is -0.480 e. The number of amides is 4. The number of primary amides is 1. The van der Waals surface area contributed by atoms with Crippen LogP contribution in [-0.2, 0) is 14.4 Å². The van der Waals surface area contributed by atoms with Gasteiger partial charge in [0, 0.05) is 17.6 Å². The van der Waals surface area contributed by atoms with E-state index in [0.29, 0.717) is 16.3 Å². The number of halogens is 1. The SMILES string of the molecule is Cc1ccc(N2C(=O)C3C(c4ccc(/C=C/c5ccccc5)cc4)NC(CCCNC(N)=O)(C(=O)O)C3C2=O)cc1Cl. The van der Waals surface area contributed by atoms with Gasteiger partial charge in [0.2, 0.25) is 11.8 Å². The molecule has 10 heteroatoms. The van der Waals surface area contributed by atoms with Crippen molar-refractivity contribution in [3.8, 4) is 0 Å². The van der Waals surface area contributed by atoms with Crippen LogP contribution in [-0.4, -0.2) is 41.0 Å². The zero-order valence-electron chi connectivity index (χ0n) is 22.9. The summed E-state index contributed by atoms with van der Waals surface area (Å²) in [5.74, 6) is -4.49. The van der Waals surface area contributed by atoms with Crippen LogP contribution in [0.1, 0.15) is 41.1 Å². The van der Waals surface area contributed by atoms with Gasteiger partial charge in [-0.3, -0.25) is 19.7 Å². The fourth-order valence-corrected chi connectivity index (χ4v) is 6.12. The number of carboxylic acid groups (broad SMARTS) is 1. The number of carboxylic acids is 1. The van der Waals surface area contributed by atoms with Gasteiger partial charge in [0.05, 0.1) is 17.5 Å². The Balaban J connectivity index is 1.51. The Morgan fingerprint density at radius 3 is 2.31 bits per heavy atom. The Bertz CT molecular complexity index is 1560. The molecule has 9 nitrogen and oxygen atoms in total. The van der Waals surface area contributed by atoms with Crippen molar-refractivity contribution < 1.29 is 24.3 Å². The number of aliphatic carboxylic acids is 1. The standard InChI is InChI=1S/C32H31ClN4O5/c1-19-8-15-23(18-24(19)33)37-28(38)25-26(29(37)39)32(30(40)41,16-5-17-35-31(34)42)36-27(25)22-13-11-21(12-14-22)10-9-20-6-3-2-4-7-20/h2-4,6-15,18,25-27,36H,5,16-17H2,1H3,(H,40,41)(H3,34,35,42)/b10-9+. The van der Waals surface area contributed by atoms with Gasteiger partial charge >= 0.3 is 12.0 Å². The van der Waals surface area contributed by atoms with E-state index in [-0.39, 0.29) is 19.4 Å². The first kappa shape index (κ1) is 29.0. The summed E-state index contributed by atoms with van der Waals surface area (Å²) in [6, 6.07) is 20.7. The molecule has 0 aromatic heterocycles. The molecule has 216 valence electrons. The number of rotatable bonds is 9. The predicted octanol–water partition coefficient (Wildman–Crippen LogP) is 4.54. The van der Waals surface area contributed by atoms with E-state index in [1.165, 1.54) is 0 Å². The van der Waals surface area contributed by atoms with E-state index in [0.717, 1.165) is 21.6 Å². The molecule has 2 heterocycles. The van der Waals surface area contributed by atoms with E-state index in [1.807, 2.05) is 73.7 Å². The van der Waals surface area contributed by atoms with Crippen LogP contribution < -0.4 is 21.3 Å². The highest BCUT2D eigenvalue weighted by Gasteiger charge is 2.68. The van der Waals surface area contributed by atoms with Crippen molar-refractivity contribution in [3.63, 3.8) is 0 Å². The van der Waals surface area contributed by atoms with Gasteiger partial charge in [-0.15, -0.1) is 0 Å². The average Bonchev–Trinajstić information content (AvgIpc) is 3.46. The highest BCUT2D eigenvalue weighted by molar-refractivity contribution is 6.32. The van der Waals surface area contributed by atoms with Gasteiger partial charge in [-0.1, -0.05) is 84.4 Å². The molecule has 0 radical (unpaired) electrons. The van der Waals surface area contributed by atoms with E-state index < -0.39 is 47.2 Å². The van der Waals surface area contributed by atoms with Gasteiger partial charge in [0.15, 0.2) is 0 Å². The second-order valence-corrected chi connectivity index (χ2v) is 11.1. The second-order valence-electron chi connectivity index (χ2n) is 10.7. The van der Waals surface area contributed by atoms with Crippen LogP contribution in [0.4, 0.5) is 10.5 Å². The van der Waals surface area contributed by atoms with Crippen molar-refractivity contribution >= 4 is 53.3 Å². The monoisotopic (exact) mass is 586 g/mol.